The Balaban J connectivity index is 1.96. The van der Waals surface area contributed by atoms with Gasteiger partial charge < -0.3 is 9.64 Å². The predicted molar refractivity (Wildman–Crippen MR) is 57.9 cm³/mol. The largest absolute Gasteiger partial charge is 0.372 e. The molecule has 0 radical (unpaired) electrons. The fourth-order valence-corrected chi connectivity index (χ4v) is 2.47. The molecule has 1 N–H and O–H groups in total. The molecule has 1 unspecified atom stereocenters. The average molecular weight is 248 g/mol. The summed E-state index contributed by atoms with van der Waals surface area (Å²) in [5, 5.41) is 2.59. The van der Waals surface area contributed by atoms with Crippen molar-refractivity contribution in [2.24, 2.45) is 0 Å². The van der Waals surface area contributed by atoms with Gasteiger partial charge in [-0.1, -0.05) is 0 Å². The zero-order chi connectivity index (χ0) is 12.6. The molecule has 0 saturated carbocycles. The Kier molecular flexibility index (Phi) is 3.36. The molecule has 4 nitrogen and oxygen atoms in total. The second-order valence-corrected chi connectivity index (χ2v) is 4.99. The summed E-state index contributed by atoms with van der Waals surface area (Å²) in [5.74, 6) is -2.99. The van der Waals surface area contributed by atoms with Gasteiger partial charge in [-0.25, -0.2) is 8.78 Å². The highest BCUT2D eigenvalue weighted by molar-refractivity contribution is 5.82. The van der Waals surface area contributed by atoms with Crippen LogP contribution in [0.25, 0.3) is 0 Å². The van der Waals surface area contributed by atoms with E-state index in [0.717, 1.165) is 0 Å². The van der Waals surface area contributed by atoms with Crippen molar-refractivity contribution in [2.45, 2.75) is 44.4 Å². The normalized spacial score (nSPS) is 37.2. The van der Waals surface area contributed by atoms with E-state index in [1.54, 1.807) is 4.90 Å². The first-order chi connectivity index (χ1) is 7.87. The molecule has 1 amide bonds. The smallest absolute Gasteiger partial charge is 0.262 e. The van der Waals surface area contributed by atoms with Gasteiger partial charge in [0.1, 0.15) is 0 Å². The number of alkyl halides is 2. The number of nitrogens with zero attached hydrogens (tertiary/aromatic N) is 1. The lowest BCUT2D eigenvalue weighted by Crippen LogP contribution is -2.53. The van der Waals surface area contributed by atoms with Crippen LogP contribution in [0.3, 0.4) is 0 Å². The molecule has 0 aromatic carbocycles. The maximum atomic E-state index is 13.0. The van der Waals surface area contributed by atoms with E-state index in [1.165, 1.54) is 0 Å². The van der Waals surface area contributed by atoms with Crippen molar-refractivity contribution >= 4 is 5.91 Å². The molecule has 17 heavy (non-hydrogen) atoms. The Hall–Kier alpha value is -0.750. The minimum absolute atomic E-state index is 0.0374. The van der Waals surface area contributed by atoms with Gasteiger partial charge in [-0.3, -0.25) is 10.1 Å². The molecule has 2 fully saturated rings. The Labute approximate surface area is 99.3 Å². The fraction of sp³-hybridized carbons (Fsp3) is 0.909. The summed E-state index contributed by atoms with van der Waals surface area (Å²) < 4.78 is 31.5. The zero-order valence-corrected chi connectivity index (χ0v) is 10.1. The Bertz CT molecular complexity index is 302. The van der Waals surface area contributed by atoms with Crippen LogP contribution in [0.5, 0.6) is 0 Å². The van der Waals surface area contributed by atoms with E-state index >= 15 is 0 Å². The maximum Gasteiger partial charge on any atom is 0.262 e. The molecular weight excluding hydrogens is 230 g/mol. The number of amides is 1. The molecule has 98 valence electrons. The minimum Gasteiger partial charge on any atom is -0.372 e. The van der Waals surface area contributed by atoms with Crippen LogP contribution in [0.4, 0.5) is 8.78 Å². The molecule has 0 spiro atoms. The van der Waals surface area contributed by atoms with Gasteiger partial charge in [0.05, 0.1) is 24.8 Å². The summed E-state index contributed by atoms with van der Waals surface area (Å²) >= 11 is 0. The third kappa shape index (κ3) is 2.93. The Morgan fingerprint density at radius 3 is 2.41 bits per heavy atom. The van der Waals surface area contributed by atoms with Gasteiger partial charge in [0.25, 0.3) is 5.92 Å². The average Bonchev–Trinajstić information content (AvgIpc) is 2.56. The van der Waals surface area contributed by atoms with Crippen LogP contribution in [0.1, 0.15) is 20.3 Å². The highest BCUT2D eigenvalue weighted by atomic mass is 19.3. The van der Waals surface area contributed by atoms with Gasteiger partial charge in [0, 0.05) is 19.5 Å². The van der Waals surface area contributed by atoms with Crippen LogP contribution < -0.4 is 5.32 Å². The van der Waals surface area contributed by atoms with Gasteiger partial charge in [0.2, 0.25) is 5.91 Å². The SMILES string of the molecule is C[C@@H]1CN(C(=O)C2CC(F)(F)CN2)C[C@H](C)O1. The molecule has 0 aliphatic carbocycles. The minimum atomic E-state index is -2.76. The van der Waals surface area contributed by atoms with E-state index in [-0.39, 0.29) is 18.1 Å². The highest BCUT2D eigenvalue weighted by Gasteiger charge is 2.44. The third-order valence-corrected chi connectivity index (χ3v) is 3.14. The molecule has 2 rings (SSSR count). The standard InChI is InChI=1S/C11H18F2N2O2/c1-7-4-15(5-8(2)17-7)10(16)9-3-11(12,13)6-14-9/h7-9,14H,3-6H2,1-2H3/t7-,8+,9?. The quantitative estimate of drug-likeness (QED) is 0.739. The van der Waals surface area contributed by atoms with Gasteiger partial charge in [-0.2, -0.15) is 0 Å². The van der Waals surface area contributed by atoms with Crippen LogP contribution in [-0.2, 0) is 9.53 Å². The van der Waals surface area contributed by atoms with Gasteiger partial charge in [-0.05, 0) is 13.8 Å². The monoisotopic (exact) mass is 248 g/mol. The van der Waals surface area contributed by atoms with Crippen molar-refractivity contribution in [1.29, 1.82) is 0 Å². The Morgan fingerprint density at radius 1 is 1.35 bits per heavy atom. The van der Waals surface area contributed by atoms with E-state index < -0.39 is 24.9 Å². The number of nitrogens with one attached hydrogen (secondary N) is 1. The number of carbonyl (C=O) groups excluding carboxylic acids is 1. The molecular formula is C11H18F2N2O2. The van der Waals surface area contributed by atoms with Crippen molar-refractivity contribution in [1.82, 2.24) is 10.2 Å². The topological polar surface area (TPSA) is 41.6 Å². The molecule has 2 aliphatic rings. The number of hydrogen-bond donors (Lipinski definition) is 1. The van der Waals surface area contributed by atoms with E-state index in [0.29, 0.717) is 13.1 Å². The summed E-state index contributed by atoms with van der Waals surface area (Å²) in [6.45, 7) is 4.32. The van der Waals surface area contributed by atoms with E-state index in [9.17, 15) is 13.6 Å². The Morgan fingerprint density at radius 2 is 1.94 bits per heavy atom. The van der Waals surface area contributed by atoms with Gasteiger partial charge in [0.15, 0.2) is 0 Å². The van der Waals surface area contributed by atoms with Crippen LogP contribution in [0, 0.1) is 0 Å². The zero-order valence-electron chi connectivity index (χ0n) is 10.1. The van der Waals surface area contributed by atoms with Crippen molar-refractivity contribution in [2.75, 3.05) is 19.6 Å². The second-order valence-electron chi connectivity index (χ2n) is 4.99. The first kappa shape index (κ1) is 12.7. The fourth-order valence-electron chi connectivity index (χ4n) is 2.47. The van der Waals surface area contributed by atoms with E-state index in [2.05, 4.69) is 5.32 Å². The molecule has 2 aliphatic heterocycles. The van der Waals surface area contributed by atoms with Crippen molar-refractivity contribution in [3.63, 3.8) is 0 Å². The molecule has 0 aromatic heterocycles. The molecule has 2 saturated heterocycles. The molecule has 2 heterocycles. The first-order valence-electron chi connectivity index (χ1n) is 5.93. The molecule has 6 heteroatoms. The molecule has 0 aromatic rings. The second kappa shape index (κ2) is 4.49. The highest BCUT2D eigenvalue weighted by Crippen LogP contribution is 2.26. The molecule has 0 bridgehead atoms. The predicted octanol–water partition coefficient (Wildman–Crippen LogP) is 0.619. The van der Waals surface area contributed by atoms with Crippen molar-refractivity contribution < 1.29 is 18.3 Å². The number of rotatable bonds is 1. The maximum absolute atomic E-state index is 13.0. The lowest BCUT2D eigenvalue weighted by atomic mass is 10.1. The van der Waals surface area contributed by atoms with E-state index in [4.69, 9.17) is 4.74 Å². The first-order valence-corrected chi connectivity index (χ1v) is 5.93. The van der Waals surface area contributed by atoms with Crippen LogP contribution >= 0.6 is 0 Å². The number of hydrogen-bond acceptors (Lipinski definition) is 3. The summed E-state index contributed by atoms with van der Waals surface area (Å²) in [4.78, 5) is 13.7. The number of morpholine rings is 1. The summed E-state index contributed by atoms with van der Waals surface area (Å²) in [6, 6.07) is -0.748. The van der Waals surface area contributed by atoms with E-state index in [1.807, 2.05) is 13.8 Å². The summed E-state index contributed by atoms with van der Waals surface area (Å²) in [6.07, 6.45) is -0.472. The van der Waals surface area contributed by atoms with Crippen LogP contribution in [0.15, 0.2) is 0 Å². The molecule has 3 atom stereocenters. The van der Waals surface area contributed by atoms with Gasteiger partial charge in [-0.15, -0.1) is 0 Å². The lowest BCUT2D eigenvalue weighted by Gasteiger charge is -2.36. The van der Waals surface area contributed by atoms with Crippen molar-refractivity contribution in [3.8, 4) is 0 Å². The lowest BCUT2D eigenvalue weighted by molar-refractivity contribution is -0.145. The van der Waals surface area contributed by atoms with Crippen LogP contribution in [0.2, 0.25) is 0 Å². The number of halogens is 2. The van der Waals surface area contributed by atoms with Crippen molar-refractivity contribution in [3.05, 3.63) is 0 Å². The van der Waals surface area contributed by atoms with Gasteiger partial charge >= 0.3 is 0 Å². The third-order valence-electron chi connectivity index (χ3n) is 3.14. The number of carbonyl (C=O) groups is 1. The summed E-state index contributed by atoms with van der Waals surface area (Å²) in [5.41, 5.74) is 0. The number of ether oxygens (including phenoxy) is 1. The summed E-state index contributed by atoms with van der Waals surface area (Å²) in [7, 11) is 0. The van der Waals surface area contributed by atoms with Crippen LogP contribution in [-0.4, -0.2) is 54.6 Å².